The third-order valence-corrected chi connectivity index (χ3v) is 2.63. The lowest BCUT2D eigenvalue weighted by atomic mass is 9.93. The summed E-state index contributed by atoms with van der Waals surface area (Å²) in [6.07, 6.45) is 0.816. The minimum Gasteiger partial charge on any atom is -0.473 e. The van der Waals surface area contributed by atoms with Crippen LogP contribution in [0.1, 0.15) is 12.0 Å². The van der Waals surface area contributed by atoms with Crippen LogP contribution in [-0.4, -0.2) is 40.3 Å². The Labute approximate surface area is 104 Å². The minimum absolute atomic E-state index is 0.624. The summed E-state index contributed by atoms with van der Waals surface area (Å²) in [4.78, 5) is 18.2. The van der Waals surface area contributed by atoms with Crippen LogP contribution in [0.25, 0.3) is 0 Å². The number of hydrogen-bond acceptors (Lipinski definition) is 4. The molecule has 6 nitrogen and oxygen atoms in total. The highest BCUT2D eigenvalue weighted by molar-refractivity contribution is 6.27. The van der Waals surface area contributed by atoms with Crippen LogP contribution < -0.4 is 5.32 Å². The Bertz CT molecular complexity index is 400. The molecule has 2 rings (SSSR count). The normalized spacial score (nSPS) is 21.8. The second kappa shape index (κ2) is 6.13. The highest BCUT2D eigenvalue weighted by Crippen LogP contribution is 2.26. The van der Waals surface area contributed by atoms with E-state index in [0.717, 1.165) is 18.5 Å². The van der Waals surface area contributed by atoms with Crippen molar-refractivity contribution in [3.8, 4) is 0 Å². The van der Waals surface area contributed by atoms with Gasteiger partial charge in [0.15, 0.2) is 0 Å². The first kappa shape index (κ1) is 14.1. The van der Waals surface area contributed by atoms with Gasteiger partial charge < -0.3 is 20.6 Å². The van der Waals surface area contributed by atoms with Gasteiger partial charge in [0.1, 0.15) is 5.60 Å². The Kier molecular flexibility index (Phi) is 4.82. The molecule has 1 unspecified atom stereocenters. The summed E-state index contributed by atoms with van der Waals surface area (Å²) >= 11 is 0. The van der Waals surface area contributed by atoms with Crippen LogP contribution in [-0.2, 0) is 15.2 Å². The molecule has 98 valence electrons. The number of β-amino-alcohol motifs (C(OH)–C–C–N with tert-alkyl or cyclic N) is 1. The van der Waals surface area contributed by atoms with E-state index in [1.54, 1.807) is 0 Å². The van der Waals surface area contributed by atoms with Gasteiger partial charge in [0.25, 0.3) is 0 Å². The summed E-state index contributed by atoms with van der Waals surface area (Å²) in [6, 6.07) is 9.85. The Morgan fingerprint density at radius 3 is 2.06 bits per heavy atom. The number of carbonyl (C=O) groups is 2. The number of nitrogens with one attached hydrogen (secondary N) is 1. The van der Waals surface area contributed by atoms with E-state index in [4.69, 9.17) is 19.8 Å². The van der Waals surface area contributed by atoms with Crippen LogP contribution in [0.5, 0.6) is 0 Å². The highest BCUT2D eigenvalue weighted by Gasteiger charge is 2.32. The largest absolute Gasteiger partial charge is 0.473 e. The number of carboxylic acid groups (broad SMARTS) is 2. The maximum absolute atomic E-state index is 10.1. The van der Waals surface area contributed by atoms with Crippen molar-refractivity contribution in [3.63, 3.8) is 0 Å². The Balaban J connectivity index is 0.000000232. The predicted molar refractivity (Wildman–Crippen MR) is 63.1 cm³/mol. The standard InChI is InChI=1S/C10H13NO.C2H2O4/c12-10(6-7-11-8-10)9-4-2-1-3-5-9;3-1(4)2(5)6/h1-5,11-12H,6-8H2;(H,3,4)(H,5,6). The van der Waals surface area contributed by atoms with Gasteiger partial charge in [0.05, 0.1) is 0 Å². The summed E-state index contributed by atoms with van der Waals surface area (Å²) in [5.41, 5.74) is 0.399. The lowest BCUT2D eigenvalue weighted by Crippen LogP contribution is -2.27. The van der Waals surface area contributed by atoms with Gasteiger partial charge in [-0.2, -0.15) is 0 Å². The molecule has 0 amide bonds. The topological polar surface area (TPSA) is 107 Å². The number of hydrogen-bond donors (Lipinski definition) is 4. The van der Waals surface area contributed by atoms with Crippen LogP contribution in [0.3, 0.4) is 0 Å². The average molecular weight is 253 g/mol. The molecule has 1 aliphatic heterocycles. The van der Waals surface area contributed by atoms with Crippen molar-refractivity contribution in [3.05, 3.63) is 35.9 Å². The second-order valence-corrected chi connectivity index (χ2v) is 3.93. The van der Waals surface area contributed by atoms with Crippen molar-refractivity contribution in [2.24, 2.45) is 0 Å². The SMILES string of the molecule is O=C(O)C(=O)O.OC1(c2ccccc2)CCNC1. The first-order chi connectivity index (χ1) is 8.46. The Morgan fingerprint density at radius 1 is 1.11 bits per heavy atom. The van der Waals surface area contributed by atoms with E-state index in [-0.39, 0.29) is 0 Å². The molecule has 1 aliphatic rings. The van der Waals surface area contributed by atoms with Crippen molar-refractivity contribution in [2.75, 3.05) is 13.1 Å². The van der Waals surface area contributed by atoms with Gasteiger partial charge in [-0.05, 0) is 18.5 Å². The minimum atomic E-state index is -1.82. The van der Waals surface area contributed by atoms with Gasteiger partial charge in [-0.1, -0.05) is 30.3 Å². The first-order valence-corrected chi connectivity index (χ1v) is 5.40. The van der Waals surface area contributed by atoms with E-state index in [2.05, 4.69) is 5.32 Å². The van der Waals surface area contributed by atoms with E-state index < -0.39 is 17.5 Å². The lowest BCUT2D eigenvalue weighted by Gasteiger charge is -2.21. The molecule has 1 heterocycles. The van der Waals surface area contributed by atoms with Crippen LogP contribution in [0.2, 0.25) is 0 Å². The van der Waals surface area contributed by atoms with Crippen LogP contribution >= 0.6 is 0 Å². The van der Waals surface area contributed by atoms with E-state index in [0.29, 0.717) is 6.54 Å². The van der Waals surface area contributed by atoms with E-state index in [1.807, 2.05) is 30.3 Å². The number of benzene rings is 1. The fraction of sp³-hybridized carbons (Fsp3) is 0.333. The first-order valence-electron chi connectivity index (χ1n) is 5.40. The van der Waals surface area contributed by atoms with Gasteiger partial charge in [0.2, 0.25) is 0 Å². The van der Waals surface area contributed by atoms with Crippen molar-refractivity contribution in [1.82, 2.24) is 5.32 Å². The zero-order valence-electron chi connectivity index (χ0n) is 9.67. The molecule has 6 heteroatoms. The molecular formula is C12H15NO5. The summed E-state index contributed by atoms with van der Waals surface area (Å²) in [5.74, 6) is -3.65. The summed E-state index contributed by atoms with van der Waals surface area (Å²) in [5, 5.41) is 28.0. The highest BCUT2D eigenvalue weighted by atomic mass is 16.4. The molecule has 0 saturated carbocycles. The predicted octanol–water partition coefficient (Wildman–Crippen LogP) is 0.0231. The quantitative estimate of drug-likeness (QED) is 0.526. The van der Waals surface area contributed by atoms with Gasteiger partial charge >= 0.3 is 11.9 Å². The van der Waals surface area contributed by atoms with Gasteiger partial charge in [-0.25, -0.2) is 9.59 Å². The molecule has 1 aromatic rings. The van der Waals surface area contributed by atoms with Crippen molar-refractivity contribution in [2.45, 2.75) is 12.0 Å². The molecular weight excluding hydrogens is 238 g/mol. The zero-order valence-corrected chi connectivity index (χ0v) is 9.67. The molecule has 0 bridgehead atoms. The van der Waals surface area contributed by atoms with E-state index in [1.165, 1.54) is 0 Å². The summed E-state index contributed by atoms with van der Waals surface area (Å²) in [6.45, 7) is 1.59. The molecule has 4 N–H and O–H groups in total. The summed E-state index contributed by atoms with van der Waals surface area (Å²) in [7, 11) is 0. The molecule has 18 heavy (non-hydrogen) atoms. The maximum Gasteiger partial charge on any atom is 0.414 e. The average Bonchev–Trinajstić information content (AvgIpc) is 2.79. The fourth-order valence-corrected chi connectivity index (χ4v) is 1.67. The molecule has 0 aliphatic carbocycles. The van der Waals surface area contributed by atoms with Crippen LogP contribution in [0.15, 0.2) is 30.3 Å². The number of rotatable bonds is 1. The number of aliphatic hydroxyl groups is 1. The van der Waals surface area contributed by atoms with Crippen LogP contribution in [0, 0.1) is 0 Å². The molecule has 0 spiro atoms. The summed E-state index contributed by atoms with van der Waals surface area (Å²) < 4.78 is 0. The molecule has 0 aromatic heterocycles. The molecule has 1 fully saturated rings. The van der Waals surface area contributed by atoms with Gasteiger partial charge in [-0.15, -0.1) is 0 Å². The van der Waals surface area contributed by atoms with Crippen molar-refractivity contribution < 1.29 is 24.9 Å². The smallest absolute Gasteiger partial charge is 0.414 e. The molecule has 0 radical (unpaired) electrons. The second-order valence-electron chi connectivity index (χ2n) is 3.93. The number of carboxylic acids is 2. The molecule has 1 aromatic carbocycles. The maximum atomic E-state index is 10.1. The van der Waals surface area contributed by atoms with E-state index in [9.17, 15) is 5.11 Å². The Hall–Kier alpha value is -1.92. The van der Waals surface area contributed by atoms with Crippen molar-refractivity contribution in [1.29, 1.82) is 0 Å². The zero-order chi connectivity index (χ0) is 13.6. The van der Waals surface area contributed by atoms with Gasteiger partial charge in [0, 0.05) is 6.54 Å². The van der Waals surface area contributed by atoms with E-state index >= 15 is 0 Å². The molecule has 1 saturated heterocycles. The van der Waals surface area contributed by atoms with Gasteiger partial charge in [-0.3, -0.25) is 0 Å². The lowest BCUT2D eigenvalue weighted by molar-refractivity contribution is -0.159. The monoisotopic (exact) mass is 253 g/mol. The third kappa shape index (κ3) is 3.83. The third-order valence-electron chi connectivity index (χ3n) is 2.63. The van der Waals surface area contributed by atoms with Crippen LogP contribution in [0.4, 0.5) is 0 Å². The fourth-order valence-electron chi connectivity index (χ4n) is 1.67. The van der Waals surface area contributed by atoms with Crippen molar-refractivity contribution >= 4 is 11.9 Å². The molecule has 1 atom stereocenters. The number of aliphatic carboxylic acids is 2. The Morgan fingerprint density at radius 2 is 1.67 bits per heavy atom.